The summed E-state index contributed by atoms with van der Waals surface area (Å²) in [5.41, 5.74) is 8.64. The Labute approximate surface area is 137 Å². The van der Waals surface area contributed by atoms with Gasteiger partial charge < -0.3 is 24.8 Å². The van der Waals surface area contributed by atoms with Crippen molar-refractivity contribution >= 4 is 16.0 Å². The number of sulfonamides is 1. The summed E-state index contributed by atoms with van der Waals surface area (Å²) in [7, 11) is -2.77. The van der Waals surface area contributed by atoms with Gasteiger partial charge >= 0.3 is 5.97 Å². The lowest BCUT2D eigenvalue weighted by Gasteiger charge is -2.38. The van der Waals surface area contributed by atoms with Crippen molar-refractivity contribution in [3.05, 3.63) is 22.3 Å². The molecule has 4 N–H and O–H groups in total. The molecule has 13 heteroatoms. The third-order valence-electron chi connectivity index (χ3n) is 3.15. The van der Waals surface area contributed by atoms with Crippen molar-refractivity contribution in [1.29, 1.82) is 0 Å². The van der Waals surface area contributed by atoms with E-state index in [2.05, 4.69) is 19.5 Å². The molecule has 0 unspecified atom stereocenters. The minimum absolute atomic E-state index is 0.435. The fraction of sp³-hybridized carbons (Fsp3) is 0.727. The fourth-order valence-electron chi connectivity index (χ4n) is 2.09. The maximum atomic E-state index is 11.6. The summed E-state index contributed by atoms with van der Waals surface area (Å²) in [5.74, 6) is -1.39. The molecule has 0 spiro atoms. The number of nitrogens with one attached hydrogen (secondary N) is 1. The summed E-state index contributed by atoms with van der Waals surface area (Å²) in [6.07, 6.45) is -3.16. The molecule has 136 valence electrons. The first-order chi connectivity index (χ1) is 11.1. The lowest BCUT2D eigenvalue weighted by molar-refractivity contribution is -0.147. The molecule has 0 aromatic heterocycles. The van der Waals surface area contributed by atoms with Crippen molar-refractivity contribution in [3.63, 3.8) is 0 Å². The van der Waals surface area contributed by atoms with Crippen molar-refractivity contribution in [3.8, 4) is 0 Å². The summed E-state index contributed by atoms with van der Waals surface area (Å²) in [6, 6.07) is -2.58. The number of nitrogens with zero attached hydrogens (tertiary/aromatic N) is 3. The first-order valence-electron chi connectivity index (χ1n) is 6.60. The van der Waals surface area contributed by atoms with Crippen LogP contribution >= 0.6 is 0 Å². The van der Waals surface area contributed by atoms with Gasteiger partial charge in [-0.15, -0.1) is 0 Å². The van der Waals surface area contributed by atoms with Gasteiger partial charge in [-0.1, -0.05) is 5.11 Å². The van der Waals surface area contributed by atoms with Gasteiger partial charge in [0, 0.05) is 4.91 Å². The SMILES string of the molecule is COC(=O)C1=C[C@H](N=[N+]=[N-])[C@@H](NS(C)(=O)=O)[C@H]([C@H](O)[C@H](O)CO)O1. The number of methoxy groups -OCH3 is 1. The molecule has 0 aliphatic carbocycles. The van der Waals surface area contributed by atoms with Crippen LogP contribution in [0.2, 0.25) is 0 Å². The summed E-state index contributed by atoms with van der Waals surface area (Å²) in [6.45, 7) is -0.851. The van der Waals surface area contributed by atoms with Crippen molar-refractivity contribution in [1.82, 2.24) is 4.72 Å². The Hall–Kier alpha value is -1.89. The Bertz CT molecular complexity index is 644. The third kappa shape index (κ3) is 5.06. The van der Waals surface area contributed by atoms with E-state index < -0.39 is 58.8 Å². The van der Waals surface area contributed by atoms with Gasteiger partial charge in [0.05, 0.1) is 32.1 Å². The van der Waals surface area contributed by atoms with Crippen LogP contribution in [0.25, 0.3) is 10.4 Å². The Kier molecular flexibility index (Phi) is 6.95. The Morgan fingerprint density at radius 2 is 2.21 bits per heavy atom. The Morgan fingerprint density at radius 3 is 2.67 bits per heavy atom. The predicted octanol–water partition coefficient (Wildman–Crippen LogP) is -2.25. The number of hydrogen-bond donors (Lipinski definition) is 4. The van der Waals surface area contributed by atoms with Gasteiger partial charge in [-0.3, -0.25) is 0 Å². The standard InChI is InChI=1S/C11H18N4O8S/c1-22-11(19)7-3-5(13-15-12)8(14-24(2,20)21)10(23-7)9(18)6(17)4-16/h3,5-6,8-10,14,16-18H,4H2,1-2H3/t5-,6+,8+,9+,10+/m0/s1. The maximum Gasteiger partial charge on any atom is 0.372 e. The van der Waals surface area contributed by atoms with Crippen molar-refractivity contribution in [2.24, 2.45) is 5.11 Å². The van der Waals surface area contributed by atoms with Crippen LogP contribution in [-0.2, 0) is 24.3 Å². The summed E-state index contributed by atoms with van der Waals surface area (Å²) in [5, 5.41) is 32.0. The van der Waals surface area contributed by atoms with E-state index >= 15 is 0 Å². The van der Waals surface area contributed by atoms with Crippen molar-refractivity contribution in [2.75, 3.05) is 20.0 Å². The molecule has 0 amide bonds. The quantitative estimate of drug-likeness (QED) is 0.168. The molecule has 0 fully saturated rings. The van der Waals surface area contributed by atoms with Crippen LogP contribution in [0.4, 0.5) is 0 Å². The molecule has 12 nitrogen and oxygen atoms in total. The summed E-state index contributed by atoms with van der Waals surface area (Å²) >= 11 is 0. The molecular formula is C11H18N4O8S. The highest BCUT2D eigenvalue weighted by Gasteiger charge is 2.44. The van der Waals surface area contributed by atoms with Crippen LogP contribution in [0.1, 0.15) is 0 Å². The molecule has 1 rings (SSSR count). The van der Waals surface area contributed by atoms with E-state index in [9.17, 15) is 23.4 Å². The molecule has 0 saturated carbocycles. The first-order valence-corrected chi connectivity index (χ1v) is 8.49. The lowest BCUT2D eigenvalue weighted by Crippen LogP contribution is -2.59. The molecule has 0 aromatic rings. The van der Waals surface area contributed by atoms with Gasteiger partial charge in [-0.05, 0) is 11.6 Å². The molecule has 24 heavy (non-hydrogen) atoms. The minimum atomic E-state index is -3.83. The maximum absolute atomic E-state index is 11.6. The molecular weight excluding hydrogens is 348 g/mol. The third-order valence-corrected chi connectivity index (χ3v) is 3.85. The number of carbonyl (C=O) groups is 1. The van der Waals surface area contributed by atoms with Crippen LogP contribution in [0, 0.1) is 0 Å². The second-order valence-electron chi connectivity index (χ2n) is 4.96. The molecule has 1 heterocycles. The highest BCUT2D eigenvalue weighted by atomic mass is 32.2. The zero-order chi connectivity index (χ0) is 18.5. The number of esters is 1. The van der Waals surface area contributed by atoms with Crippen LogP contribution in [-0.4, -0.2) is 80.1 Å². The average molecular weight is 366 g/mol. The average Bonchev–Trinajstić information content (AvgIpc) is 2.52. The lowest BCUT2D eigenvalue weighted by atomic mass is 9.93. The second-order valence-corrected chi connectivity index (χ2v) is 6.74. The fourth-order valence-corrected chi connectivity index (χ4v) is 2.85. The van der Waals surface area contributed by atoms with E-state index in [0.717, 1.165) is 19.4 Å². The van der Waals surface area contributed by atoms with E-state index in [-0.39, 0.29) is 0 Å². The number of azide groups is 1. The summed E-state index contributed by atoms with van der Waals surface area (Å²) in [4.78, 5) is 14.2. The molecule has 1 aliphatic heterocycles. The smallest absolute Gasteiger partial charge is 0.372 e. The van der Waals surface area contributed by atoms with E-state index in [1.54, 1.807) is 0 Å². The van der Waals surface area contributed by atoms with Gasteiger partial charge in [-0.25, -0.2) is 17.9 Å². The Morgan fingerprint density at radius 1 is 1.58 bits per heavy atom. The highest BCUT2D eigenvalue weighted by Crippen LogP contribution is 2.25. The Balaban J connectivity index is 3.35. The van der Waals surface area contributed by atoms with Gasteiger partial charge in [-0.2, -0.15) is 0 Å². The number of rotatable bonds is 7. The summed E-state index contributed by atoms with van der Waals surface area (Å²) < 4.78 is 34.8. The van der Waals surface area contributed by atoms with Crippen LogP contribution in [0.5, 0.6) is 0 Å². The second kappa shape index (κ2) is 8.28. The molecule has 5 atom stereocenters. The number of aliphatic hydroxyl groups excluding tert-OH is 3. The molecule has 0 aromatic carbocycles. The van der Waals surface area contributed by atoms with Crippen LogP contribution in [0.3, 0.4) is 0 Å². The van der Waals surface area contributed by atoms with E-state index in [1.807, 2.05) is 0 Å². The minimum Gasteiger partial charge on any atom is -0.479 e. The van der Waals surface area contributed by atoms with E-state index in [1.165, 1.54) is 0 Å². The number of hydrogen-bond acceptors (Lipinski definition) is 9. The molecule has 0 saturated heterocycles. The van der Waals surface area contributed by atoms with E-state index in [4.69, 9.17) is 15.4 Å². The number of aliphatic hydroxyl groups is 3. The van der Waals surface area contributed by atoms with E-state index in [0.29, 0.717) is 0 Å². The topological polar surface area (TPSA) is 191 Å². The predicted molar refractivity (Wildman–Crippen MR) is 78.8 cm³/mol. The van der Waals surface area contributed by atoms with Gasteiger partial charge in [0.1, 0.15) is 18.3 Å². The number of ether oxygens (including phenoxy) is 2. The zero-order valence-electron chi connectivity index (χ0n) is 12.8. The normalized spacial score (nSPS) is 26.4. The monoisotopic (exact) mass is 366 g/mol. The molecule has 1 aliphatic rings. The van der Waals surface area contributed by atoms with Gasteiger partial charge in [0.2, 0.25) is 15.8 Å². The van der Waals surface area contributed by atoms with Crippen molar-refractivity contribution in [2.45, 2.75) is 30.4 Å². The van der Waals surface area contributed by atoms with Gasteiger partial charge in [0.15, 0.2) is 0 Å². The highest BCUT2D eigenvalue weighted by molar-refractivity contribution is 7.88. The van der Waals surface area contributed by atoms with Crippen LogP contribution in [0.15, 0.2) is 16.9 Å². The molecule has 0 bridgehead atoms. The van der Waals surface area contributed by atoms with Crippen molar-refractivity contribution < 1.29 is 38.0 Å². The number of carbonyl (C=O) groups excluding carboxylic acids is 1. The zero-order valence-corrected chi connectivity index (χ0v) is 13.6. The largest absolute Gasteiger partial charge is 0.479 e. The first kappa shape index (κ1) is 20.2. The van der Waals surface area contributed by atoms with Crippen LogP contribution < -0.4 is 4.72 Å². The van der Waals surface area contributed by atoms with Gasteiger partial charge in [0.25, 0.3) is 0 Å². The molecule has 0 radical (unpaired) electrons.